The molecule has 0 heterocycles. The Bertz CT molecular complexity index is 775. The Morgan fingerprint density at radius 1 is 0.926 bits per heavy atom. The van der Waals surface area contributed by atoms with Crippen LogP contribution in [0.4, 0.5) is 0 Å². The summed E-state index contributed by atoms with van der Waals surface area (Å²) >= 11 is 0. The second-order valence-corrected chi connectivity index (χ2v) is 6.46. The van der Waals surface area contributed by atoms with E-state index in [1.54, 1.807) is 31.4 Å². The van der Waals surface area contributed by atoms with Crippen molar-refractivity contribution < 1.29 is 14.3 Å². The molecule has 2 rings (SSSR count). The molecule has 0 aliphatic carbocycles. The molecule has 0 aromatic heterocycles. The van der Waals surface area contributed by atoms with Gasteiger partial charge in [0.1, 0.15) is 5.75 Å². The molecule has 0 atom stereocenters. The normalized spacial score (nSPS) is 10.5. The van der Waals surface area contributed by atoms with Gasteiger partial charge in [0.2, 0.25) is 0 Å². The Morgan fingerprint density at radius 3 is 2.19 bits per heavy atom. The van der Waals surface area contributed by atoms with Crippen LogP contribution in [0.5, 0.6) is 5.75 Å². The first kappa shape index (κ1) is 20.5. The highest BCUT2D eigenvalue weighted by atomic mass is 16.5. The molecule has 0 aliphatic heterocycles. The number of rotatable bonds is 9. The number of hydrogen-bond donors (Lipinski definition) is 2. The van der Waals surface area contributed by atoms with Crippen LogP contribution in [0.2, 0.25) is 0 Å². The first-order valence-corrected chi connectivity index (χ1v) is 8.94. The molecule has 2 aromatic carbocycles. The minimum absolute atomic E-state index is 0.180. The lowest BCUT2D eigenvalue weighted by Crippen LogP contribution is -2.31. The Kier molecular flexibility index (Phi) is 7.82. The van der Waals surface area contributed by atoms with Crippen LogP contribution < -0.4 is 15.4 Å². The average Bonchev–Trinajstić information content (AvgIpc) is 2.68. The van der Waals surface area contributed by atoms with Gasteiger partial charge in [-0.3, -0.25) is 9.59 Å². The first-order valence-electron chi connectivity index (χ1n) is 8.94. The first-order chi connectivity index (χ1) is 13.0. The molecule has 0 aliphatic rings. The van der Waals surface area contributed by atoms with E-state index in [4.69, 9.17) is 4.74 Å². The van der Waals surface area contributed by atoms with Gasteiger partial charge in [0, 0.05) is 30.8 Å². The molecular formula is C21H27N3O3. The molecule has 27 heavy (non-hydrogen) atoms. The van der Waals surface area contributed by atoms with Gasteiger partial charge < -0.3 is 20.3 Å². The molecule has 0 unspecified atom stereocenters. The molecule has 6 heteroatoms. The summed E-state index contributed by atoms with van der Waals surface area (Å²) in [5, 5.41) is 5.74. The monoisotopic (exact) mass is 369 g/mol. The summed E-state index contributed by atoms with van der Waals surface area (Å²) in [5.41, 5.74) is 1.98. The highest BCUT2D eigenvalue weighted by Gasteiger charge is 2.10. The fraction of sp³-hybridized carbons (Fsp3) is 0.333. The van der Waals surface area contributed by atoms with Crippen molar-refractivity contribution in [2.24, 2.45) is 0 Å². The second kappa shape index (κ2) is 10.3. The molecule has 2 N–H and O–H groups in total. The Labute approximate surface area is 160 Å². The highest BCUT2D eigenvalue weighted by molar-refractivity contribution is 5.99. The van der Waals surface area contributed by atoms with E-state index in [1.807, 2.05) is 43.3 Å². The molecule has 0 fully saturated rings. The molecule has 144 valence electrons. The summed E-state index contributed by atoms with van der Waals surface area (Å²) in [4.78, 5) is 26.6. The van der Waals surface area contributed by atoms with Crippen molar-refractivity contribution in [3.63, 3.8) is 0 Å². The van der Waals surface area contributed by atoms with E-state index in [0.29, 0.717) is 30.6 Å². The van der Waals surface area contributed by atoms with Crippen LogP contribution in [-0.2, 0) is 6.42 Å². The van der Waals surface area contributed by atoms with E-state index in [0.717, 1.165) is 17.9 Å². The molecule has 6 nitrogen and oxygen atoms in total. The van der Waals surface area contributed by atoms with Crippen LogP contribution >= 0.6 is 0 Å². The standard InChI is InChI=1S/C21H27N3O3/c1-24(2)14-13-23-21(26)18-9-6-8-17(15-18)20(25)22-12-11-16-7-4-5-10-19(16)27-3/h4-10,15H,11-14H2,1-3H3,(H,22,25)(H,23,26). The molecule has 0 saturated heterocycles. The van der Waals surface area contributed by atoms with E-state index in [2.05, 4.69) is 10.6 Å². The van der Waals surface area contributed by atoms with E-state index in [9.17, 15) is 9.59 Å². The maximum Gasteiger partial charge on any atom is 0.251 e. The lowest BCUT2D eigenvalue weighted by Gasteiger charge is -2.11. The second-order valence-electron chi connectivity index (χ2n) is 6.46. The quantitative estimate of drug-likeness (QED) is 0.709. The largest absolute Gasteiger partial charge is 0.496 e. The lowest BCUT2D eigenvalue weighted by atomic mass is 10.1. The van der Waals surface area contributed by atoms with Gasteiger partial charge in [-0.05, 0) is 50.3 Å². The highest BCUT2D eigenvalue weighted by Crippen LogP contribution is 2.17. The van der Waals surface area contributed by atoms with Crippen molar-refractivity contribution in [2.75, 3.05) is 40.8 Å². The number of ether oxygens (including phenoxy) is 1. The predicted molar refractivity (Wildman–Crippen MR) is 106 cm³/mol. The maximum atomic E-state index is 12.4. The van der Waals surface area contributed by atoms with Crippen LogP contribution in [0.15, 0.2) is 48.5 Å². The molecule has 0 spiro atoms. The van der Waals surface area contributed by atoms with Crippen LogP contribution in [0.3, 0.4) is 0 Å². The third-order valence-electron chi connectivity index (χ3n) is 4.10. The van der Waals surface area contributed by atoms with Gasteiger partial charge in [-0.25, -0.2) is 0 Å². The van der Waals surface area contributed by atoms with Gasteiger partial charge in [-0.2, -0.15) is 0 Å². The predicted octanol–water partition coefficient (Wildman–Crippen LogP) is 1.96. The van der Waals surface area contributed by atoms with E-state index in [-0.39, 0.29) is 11.8 Å². The molecule has 0 bridgehead atoms. The van der Waals surface area contributed by atoms with E-state index in [1.165, 1.54) is 0 Å². The number of carbonyl (C=O) groups excluding carboxylic acids is 2. The zero-order chi connectivity index (χ0) is 19.6. The summed E-state index contributed by atoms with van der Waals surface area (Å²) < 4.78 is 5.32. The van der Waals surface area contributed by atoms with Crippen molar-refractivity contribution in [1.82, 2.24) is 15.5 Å². The summed E-state index contributed by atoms with van der Waals surface area (Å²) in [5.74, 6) is 0.427. The summed E-state index contributed by atoms with van der Waals surface area (Å²) in [7, 11) is 5.52. The fourth-order valence-electron chi connectivity index (χ4n) is 2.62. The number of methoxy groups -OCH3 is 1. The number of hydrogen-bond acceptors (Lipinski definition) is 4. The molecule has 0 radical (unpaired) electrons. The number of nitrogens with zero attached hydrogens (tertiary/aromatic N) is 1. The topological polar surface area (TPSA) is 70.7 Å². The minimum atomic E-state index is -0.201. The number of likely N-dealkylation sites (N-methyl/N-ethyl adjacent to an activating group) is 1. The van der Waals surface area contributed by atoms with Gasteiger partial charge >= 0.3 is 0 Å². The van der Waals surface area contributed by atoms with Crippen molar-refractivity contribution in [2.45, 2.75) is 6.42 Å². The molecule has 0 saturated carbocycles. The number of benzene rings is 2. The molecule has 2 amide bonds. The lowest BCUT2D eigenvalue weighted by molar-refractivity contribution is 0.0951. The van der Waals surface area contributed by atoms with Crippen molar-refractivity contribution in [1.29, 1.82) is 0 Å². The minimum Gasteiger partial charge on any atom is -0.496 e. The number of amides is 2. The fourth-order valence-corrected chi connectivity index (χ4v) is 2.62. The van der Waals surface area contributed by atoms with Crippen LogP contribution in [0, 0.1) is 0 Å². The summed E-state index contributed by atoms with van der Waals surface area (Å²) in [6.45, 7) is 1.80. The van der Waals surface area contributed by atoms with Crippen molar-refractivity contribution >= 4 is 11.8 Å². The van der Waals surface area contributed by atoms with Gasteiger partial charge in [-0.1, -0.05) is 24.3 Å². The van der Waals surface area contributed by atoms with E-state index < -0.39 is 0 Å². The third kappa shape index (κ3) is 6.42. The van der Waals surface area contributed by atoms with Gasteiger partial charge in [0.05, 0.1) is 7.11 Å². The Hall–Kier alpha value is -2.86. The van der Waals surface area contributed by atoms with Crippen LogP contribution in [0.25, 0.3) is 0 Å². The Morgan fingerprint density at radius 2 is 1.56 bits per heavy atom. The zero-order valence-corrected chi connectivity index (χ0v) is 16.1. The third-order valence-corrected chi connectivity index (χ3v) is 4.10. The zero-order valence-electron chi connectivity index (χ0n) is 16.1. The summed E-state index contributed by atoms with van der Waals surface area (Å²) in [6, 6.07) is 14.5. The number of carbonyl (C=O) groups is 2. The molecule has 2 aromatic rings. The van der Waals surface area contributed by atoms with Crippen molar-refractivity contribution in [3.05, 3.63) is 65.2 Å². The van der Waals surface area contributed by atoms with Crippen molar-refractivity contribution in [3.8, 4) is 5.75 Å². The summed E-state index contributed by atoms with van der Waals surface area (Å²) in [6.07, 6.45) is 0.667. The smallest absolute Gasteiger partial charge is 0.251 e. The SMILES string of the molecule is COc1ccccc1CCNC(=O)c1cccc(C(=O)NCCN(C)C)c1. The molecular weight excluding hydrogens is 342 g/mol. The van der Waals surface area contributed by atoms with Gasteiger partial charge in [0.25, 0.3) is 11.8 Å². The maximum absolute atomic E-state index is 12.4. The van der Waals surface area contributed by atoms with Crippen LogP contribution in [-0.4, -0.2) is 57.6 Å². The Balaban J connectivity index is 1.90. The van der Waals surface area contributed by atoms with E-state index >= 15 is 0 Å². The van der Waals surface area contributed by atoms with Crippen LogP contribution in [0.1, 0.15) is 26.3 Å². The number of nitrogens with one attached hydrogen (secondary N) is 2. The average molecular weight is 369 g/mol. The van der Waals surface area contributed by atoms with Gasteiger partial charge in [-0.15, -0.1) is 0 Å². The number of para-hydroxylation sites is 1. The van der Waals surface area contributed by atoms with Gasteiger partial charge in [0.15, 0.2) is 0 Å².